The van der Waals surface area contributed by atoms with Crippen LogP contribution in [0.15, 0.2) is 0 Å². The van der Waals surface area contributed by atoms with Crippen LogP contribution in [0.25, 0.3) is 0 Å². The molecule has 0 spiro atoms. The topological polar surface area (TPSA) is 55.8 Å². The van der Waals surface area contributed by atoms with Gasteiger partial charge in [0.05, 0.1) is 13.2 Å². The SMILES string of the molecule is CCCCC(CC)COP(=O)(O)OCC(CC)CCCC.[CH2-]CCCCCC.[Ni]. The molecule has 4 nitrogen and oxygen atoms in total. The summed E-state index contributed by atoms with van der Waals surface area (Å²) < 4.78 is 22.2. The van der Waals surface area contributed by atoms with Crippen LogP contribution >= 0.6 is 7.82 Å². The Balaban J connectivity index is -0.000000721. The Morgan fingerprint density at radius 3 is 1.48 bits per heavy atom. The minimum absolute atomic E-state index is 0. The van der Waals surface area contributed by atoms with Gasteiger partial charge < -0.3 is 11.8 Å². The van der Waals surface area contributed by atoms with Crippen LogP contribution in [0.1, 0.15) is 118 Å². The van der Waals surface area contributed by atoms with E-state index in [0.717, 1.165) is 57.8 Å². The number of phosphoric acid groups is 1. The molecule has 2 atom stereocenters. The zero-order chi connectivity index (χ0) is 21.7. The summed E-state index contributed by atoms with van der Waals surface area (Å²) in [6.07, 6.45) is 15.1. The molecule has 1 N–H and O–H groups in total. The molecule has 0 aliphatic rings. The van der Waals surface area contributed by atoms with E-state index in [1.54, 1.807) is 0 Å². The van der Waals surface area contributed by atoms with E-state index < -0.39 is 7.82 Å². The molecule has 6 heteroatoms. The summed E-state index contributed by atoms with van der Waals surface area (Å²) in [7, 11) is -3.89. The van der Waals surface area contributed by atoms with Crippen molar-refractivity contribution in [2.75, 3.05) is 13.2 Å². The van der Waals surface area contributed by atoms with Crippen molar-refractivity contribution in [3.63, 3.8) is 0 Å². The zero-order valence-corrected chi connectivity index (χ0v) is 21.8. The molecule has 2 unspecified atom stereocenters. The molecule has 0 saturated heterocycles. The molecule has 0 aliphatic carbocycles. The first kappa shape index (κ1) is 34.2. The Labute approximate surface area is 192 Å². The van der Waals surface area contributed by atoms with Crippen LogP contribution in [-0.4, -0.2) is 18.1 Å². The fourth-order valence-electron chi connectivity index (χ4n) is 2.84. The predicted molar refractivity (Wildman–Crippen MR) is 122 cm³/mol. The van der Waals surface area contributed by atoms with Crippen molar-refractivity contribution in [3.05, 3.63) is 6.92 Å². The first-order valence-corrected chi connectivity index (χ1v) is 13.3. The second-order valence-electron chi connectivity index (χ2n) is 7.81. The third kappa shape index (κ3) is 24.7. The quantitative estimate of drug-likeness (QED) is 0.0927. The van der Waals surface area contributed by atoms with Gasteiger partial charge in [-0.25, -0.2) is 4.57 Å². The van der Waals surface area contributed by atoms with Gasteiger partial charge in [0.15, 0.2) is 0 Å². The average molecular weight is 480 g/mol. The fraction of sp³-hybridized carbons (Fsp3) is 0.957. The van der Waals surface area contributed by atoms with Crippen molar-refractivity contribution in [3.8, 4) is 0 Å². The Kier molecular flexibility index (Phi) is 29.3. The normalized spacial score (nSPS) is 14.9. The van der Waals surface area contributed by atoms with Crippen molar-refractivity contribution in [1.29, 1.82) is 0 Å². The standard InChI is InChI=1S/C16H35O4P.C7H15.Ni/c1-5-9-11-15(7-3)13-19-21(17,18)20-14-16(8-4)12-10-6-2;1-3-5-7-6-4-2;/h15-16H,5-14H2,1-4H3,(H,17,18);1,3-7H2,2H3;/q;-1;. The monoisotopic (exact) mass is 479 g/mol. The van der Waals surface area contributed by atoms with Crippen molar-refractivity contribution in [2.45, 2.75) is 118 Å². The molecule has 0 aromatic carbocycles. The molecule has 0 heterocycles. The molecule has 0 radical (unpaired) electrons. The van der Waals surface area contributed by atoms with E-state index in [0.29, 0.717) is 25.0 Å². The molecule has 0 aromatic rings. The summed E-state index contributed by atoms with van der Waals surface area (Å²) in [5.41, 5.74) is 0. The van der Waals surface area contributed by atoms with E-state index in [-0.39, 0.29) is 16.5 Å². The summed E-state index contributed by atoms with van der Waals surface area (Å²) in [5, 5.41) is 0. The summed E-state index contributed by atoms with van der Waals surface area (Å²) in [5.74, 6) is 0.687. The maximum Gasteiger partial charge on any atom is 0.472 e. The molecule has 0 saturated carbocycles. The maximum absolute atomic E-state index is 11.9. The number of phosphoric ester groups is 1. The van der Waals surface area contributed by atoms with Crippen LogP contribution in [0.2, 0.25) is 0 Å². The Bertz CT molecular complexity index is 328. The van der Waals surface area contributed by atoms with Crippen molar-refractivity contribution < 1.29 is 35.0 Å². The van der Waals surface area contributed by atoms with E-state index in [9.17, 15) is 9.46 Å². The first-order chi connectivity index (χ1) is 13.4. The number of hydrogen-bond acceptors (Lipinski definition) is 3. The van der Waals surface area contributed by atoms with E-state index in [4.69, 9.17) is 9.05 Å². The third-order valence-corrected chi connectivity index (χ3v) is 6.09. The second kappa shape index (κ2) is 24.9. The van der Waals surface area contributed by atoms with Crippen LogP contribution in [-0.2, 0) is 30.1 Å². The average Bonchev–Trinajstić information content (AvgIpc) is 2.69. The second-order valence-corrected chi connectivity index (χ2v) is 9.26. The van der Waals surface area contributed by atoms with Crippen LogP contribution in [0.4, 0.5) is 0 Å². The molecular formula is C23H50NiO4P-. The first-order valence-electron chi connectivity index (χ1n) is 11.8. The largest absolute Gasteiger partial charge is 0.472 e. The smallest absolute Gasteiger partial charge is 0.343 e. The molecule has 0 amide bonds. The summed E-state index contributed by atoms with van der Waals surface area (Å²) in [6.45, 7) is 15.1. The van der Waals surface area contributed by atoms with E-state index in [1.807, 2.05) is 0 Å². The van der Waals surface area contributed by atoms with Gasteiger partial charge in [0, 0.05) is 16.5 Å². The van der Waals surface area contributed by atoms with E-state index in [2.05, 4.69) is 41.5 Å². The van der Waals surface area contributed by atoms with Gasteiger partial charge >= 0.3 is 7.82 Å². The van der Waals surface area contributed by atoms with Crippen molar-refractivity contribution >= 4 is 7.82 Å². The van der Waals surface area contributed by atoms with Gasteiger partial charge in [-0.2, -0.15) is 6.42 Å². The Morgan fingerprint density at radius 2 is 1.17 bits per heavy atom. The maximum atomic E-state index is 11.9. The van der Waals surface area contributed by atoms with Gasteiger partial charge in [-0.1, -0.05) is 98.8 Å². The van der Waals surface area contributed by atoms with Crippen molar-refractivity contribution in [2.24, 2.45) is 11.8 Å². The van der Waals surface area contributed by atoms with Crippen LogP contribution < -0.4 is 0 Å². The molecule has 0 fully saturated rings. The minimum atomic E-state index is -3.89. The minimum Gasteiger partial charge on any atom is -0.343 e. The Hall–Kier alpha value is 0.604. The van der Waals surface area contributed by atoms with Gasteiger partial charge in [0.25, 0.3) is 0 Å². The summed E-state index contributed by atoms with van der Waals surface area (Å²) in [4.78, 5) is 9.77. The number of unbranched alkanes of at least 4 members (excludes halogenated alkanes) is 6. The molecule has 29 heavy (non-hydrogen) atoms. The molecule has 0 aromatic heterocycles. The van der Waals surface area contributed by atoms with Gasteiger partial charge in [-0.15, -0.1) is 0 Å². The molecule has 0 bridgehead atoms. The van der Waals surface area contributed by atoms with Gasteiger partial charge in [0.2, 0.25) is 0 Å². The number of rotatable bonds is 18. The van der Waals surface area contributed by atoms with Gasteiger partial charge in [-0.05, 0) is 24.7 Å². The fourth-order valence-corrected chi connectivity index (χ4v) is 3.71. The summed E-state index contributed by atoms with van der Waals surface area (Å²) in [6, 6.07) is 0. The predicted octanol–water partition coefficient (Wildman–Crippen LogP) is 8.34. The van der Waals surface area contributed by atoms with Gasteiger partial charge in [-0.3, -0.25) is 9.05 Å². The molecule has 0 aliphatic heterocycles. The van der Waals surface area contributed by atoms with Gasteiger partial charge in [0.1, 0.15) is 0 Å². The molecule has 0 rings (SSSR count). The third-order valence-electron chi connectivity index (χ3n) is 5.14. The van der Waals surface area contributed by atoms with Crippen LogP contribution in [0.3, 0.4) is 0 Å². The van der Waals surface area contributed by atoms with E-state index in [1.165, 1.54) is 25.7 Å². The van der Waals surface area contributed by atoms with Crippen LogP contribution in [0, 0.1) is 18.8 Å². The molecule has 182 valence electrons. The number of hydrogen-bond donors (Lipinski definition) is 1. The van der Waals surface area contributed by atoms with Crippen molar-refractivity contribution in [1.82, 2.24) is 0 Å². The summed E-state index contributed by atoms with van der Waals surface area (Å²) >= 11 is 0. The molecular weight excluding hydrogens is 430 g/mol. The van der Waals surface area contributed by atoms with Crippen LogP contribution in [0.5, 0.6) is 0 Å². The van der Waals surface area contributed by atoms with E-state index >= 15 is 0 Å². The Morgan fingerprint density at radius 1 is 0.759 bits per heavy atom. The zero-order valence-electron chi connectivity index (χ0n) is 19.9.